The van der Waals surface area contributed by atoms with Crippen LogP contribution in [0.1, 0.15) is 36.5 Å². The van der Waals surface area contributed by atoms with Crippen LogP contribution in [0.2, 0.25) is 0 Å². The molecular formula is C26H23F3N2O3. The van der Waals surface area contributed by atoms with E-state index in [0.717, 1.165) is 19.8 Å². The van der Waals surface area contributed by atoms with E-state index in [0.29, 0.717) is 22.7 Å². The first-order valence-corrected chi connectivity index (χ1v) is 10.9. The molecule has 8 heteroatoms. The van der Waals surface area contributed by atoms with Crippen molar-refractivity contribution >= 4 is 17.5 Å². The fourth-order valence-corrected chi connectivity index (χ4v) is 3.45. The molecule has 1 aliphatic carbocycles. The minimum atomic E-state index is -2.99. The summed E-state index contributed by atoms with van der Waals surface area (Å²) >= 11 is 0. The highest BCUT2D eigenvalue weighted by Gasteiger charge is 2.29. The number of nitrogens with one attached hydrogen (secondary N) is 1. The zero-order valence-corrected chi connectivity index (χ0v) is 18.5. The van der Waals surface area contributed by atoms with Gasteiger partial charge in [-0.25, -0.2) is 18.2 Å². The van der Waals surface area contributed by atoms with Crippen LogP contribution in [0.25, 0.3) is 0 Å². The van der Waals surface area contributed by atoms with Crippen molar-refractivity contribution in [3.05, 3.63) is 83.3 Å². The van der Waals surface area contributed by atoms with Gasteiger partial charge in [-0.05, 0) is 48.2 Å². The van der Waals surface area contributed by atoms with E-state index in [9.17, 15) is 22.8 Å². The number of aromatic nitrogens is 1. The molecule has 1 amide bonds. The number of Topliss-reactive ketones (excluding diaryl/α,β-unsaturated/α-hetero) is 1. The molecule has 0 spiro atoms. The highest BCUT2D eigenvalue weighted by atomic mass is 19.3. The molecule has 1 aliphatic rings. The Bertz CT molecular complexity index is 1220. The standard InChI is InChI=1S/C26H23F3N2O3/c1-26(28,29)19-4-2-3-16(11-19)12-20(32)13-17-5-8-23(22(27)14-17)34-21-9-10-30-24(15-21)31-25(33)18-6-7-18/h2-5,8-11,14-15,18H,6-7,12-13H2,1H3,(H,30,31,33). The van der Waals surface area contributed by atoms with Gasteiger partial charge in [-0.2, -0.15) is 0 Å². The van der Waals surface area contributed by atoms with Gasteiger partial charge in [-0.15, -0.1) is 0 Å². The van der Waals surface area contributed by atoms with Crippen LogP contribution in [0.15, 0.2) is 60.8 Å². The summed E-state index contributed by atoms with van der Waals surface area (Å²) in [6, 6.07) is 13.0. The van der Waals surface area contributed by atoms with E-state index in [4.69, 9.17) is 4.74 Å². The van der Waals surface area contributed by atoms with Crippen LogP contribution >= 0.6 is 0 Å². The van der Waals surface area contributed by atoms with Crippen molar-refractivity contribution in [3.63, 3.8) is 0 Å². The Hall–Kier alpha value is -3.68. The average Bonchev–Trinajstić information content (AvgIpc) is 3.61. The lowest BCUT2D eigenvalue weighted by atomic mass is 9.99. The van der Waals surface area contributed by atoms with Crippen LogP contribution in [0.3, 0.4) is 0 Å². The molecule has 5 nitrogen and oxygen atoms in total. The Morgan fingerprint density at radius 3 is 2.47 bits per heavy atom. The highest BCUT2D eigenvalue weighted by molar-refractivity contribution is 5.93. The van der Waals surface area contributed by atoms with Crippen molar-refractivity contribution in [3.8, 4) is 11.5 Å². The van der Waals surface area contributed by atoms with Gasteiger partial charge in [-0.1, -0.05) is 24.3 Å². The fourth-order valence-electron chi connectivity index (χ4n) is 3.45. The molecule has 4 rings (SSSR count). The van der Waals surface area contributed by atoms with Crippen LogP contribution in [0.4, 0.5) is 19.0 Å². The average molecular weight is 468 g/mol. The Balaban J connectivity index is 1.38. The summed E-state index contributed by atoms with van der Waals surface area (Å²) in [5, 5.41) is 2.70. The lowest BCUT2D eigenvalue weighted by Crippen LogP contribution is -2.14. The van der Waals surface area contributed by atoms with Crippen LogP contribution in [-0.4, -0.2) is 16.7 Å². The number of pyridine rings is 1. The third-order valence-electron chi connectivity index (χ3n) is 5.39. The number of hydrogen-bond acceptors (Lipinski definition) is 4. The quantitative estimate of drug-likeness (QED) is 0.429. The minimum absolute atomic E-state index is 0.0237. The number of halogens is 3. The van der Waals surface area contributed by atoms with Crippen LogP contribution in [0, 0.1) is 11.7 Å². The van der Waals surface area contributed by atoms with E-state index < -0.39 is 11.7 Å². The Morgan fingerprint density at radius 1 is 1.06 bits per heavy atom. The first kappa shape index (κ1) is 23.5. The first-order valence-electron chi connectivity index (χ1n) is 10.9. The molecule has 0 bridgehead atoms. The molecule has 0 aliphatic heterocycles. The van der Waals surface area contributed by atoms with Crippen LogP contribution in [0.5, 0.6) is 11.5 Å². The summed E-state index contributed by atoms with van der Waals surface area (Å²) in [6.07, 6.45) is 3.10. The number of ether oxygens (including phenoxy) is 1. The lowest BCUT2D eigenvalue weighted by Gasteiger charge is -2.12. The van der Waals surface area contributed by atoms with Crippen molar-refractivity contribution in [1.82, 2.24) is 4.98 Å². The molecule has 0 radical (unpaired) electrons. The van der Waals surface area contributed by atoms with E-state index >= 15 is 0 Å². The van der Waals surface area contributed by atoms with Gasteiger partial charge in [-0.3, -0.25) is 9.59 Å². The zero-order valence-electron chi connectivity index (χ0n) is 18.5. The SMILES string of the molecule is CC(F)(F)c1cccc(CC(=O)Cc2ccc(Oc3ccnc(NC(=O)C4CC4)c3)c(F)c2)c1. The second-order valence-corrected chi connectivity index (χ2v) is 8.49. The summed E-state index contributed by atoms with van der Waals surface area (Å²) in [5.41, 5.74) is 0.766. The second kappa shape index (κ2) is 9.67. The van der Waals surface area contributed by atoms with Gasteiger partial charge in [0.05, 0.1) is 0 Å². The first-order chi connectivity index (χ1) is 16.2. The van der Waals surface area contributed by atoms with Gasteiger partial charge in [0.2, 0.25) is 5.91 Å². The molecule has 34 heavy (non-hydrogen) atoms. The van der Waals surface area contributed by atoms with E-state index in [1.54, 1.807) is 12.1 Å². The number of carbonyl (C=O) groups is 2. The van der Waals surface area contributed by atoms with Gasteiger partial charge in [0.25, 0.3) is 5.92 Å². The molecule has 3 aromatic rings. The number of benzene rings is 2. The summed E-state index contributed by atoms with van der Waals surface area (Å²) in [7, 11) is 0. The van der Waals surface area contributed by atoms with Crippen molar-refractivity contribution in [1.29, 1.82) is 0 Å². The Morgan fingerprint density at radius 2 is 1.79 bits per heavy atom. The lowest BCUT2D eigenvalue weighted by molar-refractivity contribution is -0.118. The predicted molar refractivity (Wildman–Crippen MR) is 120 cm³/mol. The molecule has 0 atom stereocenters. The summed E-state index contributed by atoms with van der Waals surface area (Å²) < 4.78 is 47.2. The van der Waals surface area contributed by atoms with Gasteiger partial charge in [0.15, 0.2) is 11.6 Å². The normalized spacial score (nSPS) is 13.4. The molecule has 2 aromatic carbocycles. The van der Waals surface area contributed by atoms with E-state index in [1.807, 2.05) is 0 Å². The highest BCUT2D eigenvalue weighted by Crippen LogP contribution is 2.31. The number of rotatable bonds is 9. The van der Waals surface area contributed by atoms with E-state index in [1.165, 1.54) is 48.7 Å². The van der Waals surface area contributed by atoms with Crippen molar-refractivity contribution in [2.75, 3.05) is 5.32 Å². The second-order valence-electron chi connectivity index (χ2n) is 8.49. The number of anilines is 1. The molecular weight excluding hydrogens is 445 g/mol. The number of carbonyl (C=O) groups excluding carboxylic acids is 2. The summed E-state index contributed by atoms with van der Waals surface area (Å²) in [6.45, 7) is 0.803. The van der Waals surface area contributed by atoms with Gasteiger partial charge < -0.3 is 10.1 Å². The number of ketones is 1. The maximum absolute atomic E-state index is 14.6. The Labute approximate surface area is 195 Å². The van der Waals surface area contributed by atoms with Gasteiger partial charge >= 0.3 is 0 Å². The number of alkyl halides is 2. The van der Waals surface area contributed by atoms with Crippen molar-refractivity contribution < 1.29 is 27.5 Å². The molecule has 1 aromatic heterocycles. The molecule has 1 N–H and O–H groups in total. The molecule has 1 heterocycles. The van der Waals surface area contributed by atoms with Crippen LogP contribution < -0.4 is 10.1 Å². The van der Waals surface area contributed by atoms with E-state index in [-0.39, 0.29) is 41.8 Å². The minimum Gasteiger partial charge on any atom is -0.454 e. The number of nitrogens with zero attached hydrogens (tertiary/aromatic N) is 1. The molecule has 1 saturated carbocycles. The van der Waals surface area contributed by atoms with Crippen molar-refractivity contribution in [2.24, 2.45) is 5.92 Å². The molecule has 176 valence electrons. The zero-order chi connectivity index (χ0) is 24.3. The van der Waals surface area contributed by atoms with Gasteiger partial charge in [0, 0.05) is 43.5 Å². The predicted octanol–water partition coefficient (Wildman–Crippen LogP) is 5.83. The maximum Gasteiger partial charge on any atom is 0.270 e. The summed E-state index contributed by atoms with van der Waals surface area (Å²) in [4.78, 5) is 28.4. The Kier molecular flexibility index (Phi) is 6.68. The monoisotopic (exact) mass is 468 g/mol. The largest absolute Gasteiger partial charge is 0.454 e. The molecule has 1 fully saturated rings. The number of amides is 1. The third kappa shape index (κ3) is 6.21. The van der Waals surface area contributed by atoms with Crippen LogP contribution in [-0.2, 0) is 28.4 Å². The number of hydrogen-bond donors (Lipinski definition) is 1. The van der Waals surface area contributed by atoms with Gasteiger partial charge in [0.1, 0.15) is 17.4 Å². The summed E-state index contributed by atoms with van der Waals surface area (Å²) in [5.74, 6) is -3.36. The smallest absolute Gasteiger partial charge is 0.270 e. The third-order valence-corrected chi connectivity index (χ3v) is 5.39. The van der Waals surface area contributed by atoms with E-state index in [2.05, 4.69) is 10.3 Å². The molecule has 0 saturated heterocycles. The van der Waals surface area contributed by atoms with Crippen molar-refractivity contribution in [2.45, 2.75) is 38.5 Å². The topological polar surface area (TPSA) is 68.3 Å². The molecule has 0 unspecified atom stereocenters. The fraction of sp³-hybridized carbons (Fsp3) is 0.269. The maximum atomic E-state index is 14.6.